The van der Waals surface area contributed by atoms with Crippen molar-refractivity contribution in [2.75, 3.05) is 0 Å². The van der Waals surface area contributed by atoms with Crippen LogP contribution in [0.4, 0.5) is 0 Å². The maximum atomic E-state index is 11.8. The number of nitrogens with zero attached hydrogens (tertiary/aromatic N) is 1. The Balaban J connectivity index is 1.99. The molecule has 1 heterocycles. The van der Waals surface area contributed by atoms with Crippen LogP contribution in [0.2, 0.25) is 0 Å². The fourth-order valence-corrected chi connectivity index (χ4v) is 2.26. The quantitative estimate of drug-likeness (QED) is 0.839. The third-order valence-electron chi connectivity index (χ3n) is 3.32. The molecule has 18 heavy (non-hydrogen) atoms. The minimum absolute atomic E-state index is 0.213. The molecule has 0 saturated heterocycles. The number of carboxylic acid groups (broad SMARTS) is 1. The van der Waals surface area contributed by atoms with E-state index in [2.05, 4.69) is 10.5 Å². The number of aliphatic carboxylic acids is 1. The first-order chi connectivity index (χ1) is 8.41. The molecule has 0 radical (unpaired) electrons. The van der Waals surface area contributed by atoms with Crippen LogP contribution in [0.5, 0.6) is 0 Å². The third-order valence-corrected chi connectivity index (χ3v) is 3.32. The molecule has 1 aliphatic rings. The Morgan fingerprint density at radius 2 is 2.11 bits per heavy atom. The van der Waals surface area contributed by atoms with E-state index in [1.807, 2.05) is 13.8 Å². The summed E-state index contributed by atoms with van der Waals surface area (Å²) < 4.78 is 5.04. The standard InChI is InChI=1S/C12H16N2O4/c1-5(10-6(2)14-18-7(10)3)13-11(15)8-4-9(8)12(16)17/h5,8-9H,4H2,1-3H3,(H,13,15)(H,16,17)/t5-,8+,9-/m0/s1. The van der Waals surface area contributed by atoms with Crippen LogP contribution in [0.25, 0.3) is 0 Å². The molecule has 6 heteroatoms. The number of hydrogen-bond acceptors (Lipinski definition) is 4. The Labute approximate surface area is 104 Å². The maximum Gasteiger partial charge on any atom is 0.307 e. The second-order valence-corrected chi connectivity index (χ2v) is 4.76. The Kier molecular flexibility index (Phi) is 3.11. The number of rotatable bonds is 4. The molecule has 1 saturated carbocycles. The number of aryl methyl sites for hydroxylation is 2. The molecule has 0 bridgehead atoms. The number of amides is 1. The predicted molar refractivity (Wildman–Crippen MR) is 61.8 cm³/mol. The molecule has 2 rings (SSSR count). The molecule has 1 aliphatic carbocycles. The van der Waals surface area contributed by atoms with Crippen molar-refractivity contribution in [2.24, 2.45) is 11.8 Å². The van der Waals surface area contributed by atoms with Crippen molar-refractivity contribution in [1.82, 2.24) is 10.5 Å². The van der Waals surface area contributed by atoms with Gasteiger partial charge in [0.2, 0.25) is 5.91 Å². The number of carbonyl (C=O) groups excluding carboxylic acids is 1. The highest BCUT2D eigenvalue weighted by Gasteiger charge is 2.48. The fraction of sp³-hybridized carbons (Fsp3) is 0.583. The Hall–Kier alpha value is -1.85. The van der Waals surface area contributed by atoms with Crippen molar-refractivity contribution >= 4 is 11.9 Å². The lowest BCUT2D eigenvalue weighted by atomic mass is 10.1. The second kappa shape index (κ2) is 4.44. The van der Waals surface area contributed by atoms with Crippen LogP contribution in [0, 0.1) is 25.7 Å². The second-order valence-electron chi connectivity index (χ2n) is 4.76. The van der Waals surface area contributed by atoms with Gasteiger partial charge in [-0.1, -0.05) is 5.16 Å². The van der Waals surface area contributed by atoms with Crippen molar-refractivity contribution in [3.63, 3.8) is 0 Å². The van der Waals surface area contributed by atoms with Crippen LogP contribution in [0.3, 0.4) is 0 Å². The number of hydrogen-bond donors (Lipinski definition) is 2. The molecule has 98 valence electrons. The molecule has 0 spiro atoms. The van der Waals surface area contributed by atoms with Gasteiger partial charge < -0.3 is 14.9 Å². The topological polar surface area (TPSA) is 92.4 Å². The number of carboxylic acids is 1. The van der Waals surface area contributed by atoms with Gasteiger partial charge in [-0.25, -0.2) is 0 Å². The van der Waals surface area contributed by atoms with E-state index in [4.69, 9.17) is 9.63 Å². The van der Waals surface area contributed by atoms with Crippen molar-refractivity contribution < 1.29 is 19.2 Å². The van der Waals surface area contributed by atoms with E-state index in [1.54, 1.807) is 6.92 Å². The minimum atomic E-state index is -0.903. The number of carbonyl (C=O) groups is 2. The van der Waals surface area contributed by atoms with Gasteiger partial charge in [0.15, 0.2) is 0 Å². The average Bonchev–Trinajstić information content (AvgIpc) is 3.00. The smallest absolute Gasteiger partial charge is 0.307 e. The maximum absolute atomic E-state index is 11.8. The highest BCUT2D eigenvalue weighted by atomic mass is 16.5. The first kappa shape index (κ1) is 12.6. The van der Waals surface area contributed by atoms with Gasteiger partial charge in [-0.05, 0) is 27.2 Å². The SMILES string of the molecule is Cc1noc(C)c1[C@H](C)NC(=O)[C@@H]1C[C@@H]1C(=O)O. The molecule has 0 aliphatic heterocycles. The molecule has 1 aromatic heterocycles. The number of aromatic nitrogens is 1. The van der Waals surface area contributed by atoms with E-state index in [9.17, 15) is 9.59 Å². The zero-order valence-corrected chi connectivity index (χ0v) is 10.6. The molecule has 2 N–H and O–H groups in total. The fourth-order valence-electron chi connectivity index (χ4n) is 2.26. The van der Waals surface area contributed by atoms with E-state index in [1.165, 1.54) is 0 Å². The molecule has 6 nitrogen and oxygen atoms in total. The van der Waals surface area contributed by atoms with Gasteiger partial charge in [-0.2, -0.15) is 0 Å². The highest BCUT2D eigenvalue weighted by Crippen LogP contribution is 2.39. The van der Waals surface area contributed by atoms with Crippen molar-refractivity contribution in [3.8, 4) is 0 Å². The predicted octanol–water partition coefficient (Wildman–Crippen LogP) is 1.19. The summed E-state index contributed by atoms with van der Waals surface area (Å²) in [4.78, 5) is 22.5. The normalized spacial score (nSPS) is 23.5. The summed E-state index contributed by atoms with van der Waals surface area (Å²) in [7, 11) is 0. The van der Waals surface area contributed by atoms with Gasteiger partial charge in [0, 0.05) is 5.56 Å². The Morgan fingerprint density at radius 3 is 2.56 bits per heavy atom. The lowest BCUT2D eigenvalue weighted by molar-refractivity contribution is -0.140. The molecule has 1 amide bonds. The summed E-state index contributed by atoms with van der Waals surface area (Å²) in [5.41, 5.74) is 1.60. The minimum Gasteiger partial charge on any atom is -0.481 e. The van der Waals surface area contributed by atoms with Crippen LogP contribution in [-0.2, 0) is 9.59 Å². The molecule has 0 unspecified atom stereocenters. The molecule has 1 fully saturated rings. The monoisotopic (exact) mass is 252 g/mol. The molecule has 1 aromatic rings. The van der Waals surface area contributed by atoms with Gasteiger partial charge in [0.05, 0.1) is 23.6 Å². The van der Waals surface area contributed by atoms with Gasteiger partial charge in [-0.3, -0.25) is 9.59 Å². The Bertz CT molecular complexity index is 475. The molecular formula is C12H16N2O4. The summed E-state index contributed by atoms with van der Waals surface area (Å²) in [6.07, 6.45) is 0.426. The van der Waals surface area contributed by atoms with E-state index < -0.39 is 17.8 Å². The lowest BCUT2D eigenvalue weighted by Crippen LogP contribution is -2.29. The van der Waals surface area contributed by atoms with Gasteiger partial charge in [0.25, 0.3) is 0 Å². The average molecular weight is 252 g/mol. The zero-order valence-electron chi connectivity index (χ0n) is 10.6. The summed E-state index contributed by atoms with van der Waals surface area (Å²) in [5.74, 6) is -1.37. The van der Waals surface area contributed by atoms with Gasteiger partial charge >= 0.3 is 5.97 Å². The van der Waals surface area contributed by atoms with Crippen LogP contribution < -0.4 is 5.32 Å². The van der Waals surface area contributed by atoms with E-state index in [0.29, 0.717) is 12.2 Å². The third kappa shape index (κ3) is 2.23. The van der Waals surface area contributed by atoms with E-state index in [-0.39, 0.29) is 11.9 Å². The van der Waals surface area contributed by atoms with Crippen LogP contribution in [0.15, 0.2) is 4.52 Å². The van der Waals surface area contributed by atoms with Crippen molar-refractivity contribution in [2.45, 2.75) is 33.2 Å². The van der Waals surface area contributed by atoms with Crippen LogP contribution in [-0.4, -0.2) is 22.1 Å². The van der Waals surface area contributed by atoms with Gasteiger partial charge in [-0.15, -0.1) is 0 Å². The number of nitrogens with one attached hydrogen (secondary N) is 1. The first-order valence-electron chi connectivity index (χ1n) is 5.87. The van der Waals surface area contributed by atoms with Crippen LogP contribution >= 0.6 is 0 Å². The Morgan fingerprint density at radius 1 is 1.44 bits per heavy atom. The van der Waals surface area contributed by atoms with Crippen molar-refractivity contribution in [1.29, 1.82) is 0 Å². The summed E-state index contributed by atoms with van der Waals surface area (Å²) in [6, 6.07) is -0.223. The first-order valence-corrected chi connectivity index (χ1v) is 5.87. The lowest BCUT2D eigenvalue weighted by Gasteiger charge is -2.13. The van der Waals surface area contributed by atoms with E-state index >= 15 is 0 Å². The van der Waals surface area contributed by atoms with Gasteiger partial charge in [0.1, 0.15) is 5.76 Å². The summed E-state index contributed by atoms with van der Waals surface area (Å²) in [6.45, 7) is 5.43. The molecule has 3 atom stereocenters. The highest BCUT2D eigenvalue weighted by molar-refractivity contribution is 5.89. The van der Waals surface area contributed by atoms with E-state index in [0.717, 1.165) is 11.3 Å². The molecule has 0 aromatic carbocycles. The molecular weight excluding hydrogens is 236 g/mol. The summed E-state index contributed by atoms with van der Waals surface area (Å²) >= 11 is 0. The summed E-state index contributed by atoms with van der Waals surface area (Å²) in [5, 5.41) is 15.4. The van der Waals surface area contributed by atoms with Crippen molar-refractivity contribution in [3.05, 3.63) is 17.0 Å². The van der Waals surface area contributed by atoms with Crippen LogP contribution in [0.1, 0.15) is 36.4 Å². The zero-order chi connectivity index (χ0) is 13.4. The largest absolute Gasteiger partial charge is 0.481 e.